The van der Waals surface area contributed by atoms with Crippen LogP contribution < -0.4 is 4.74 Å². The van der Waals surface area contributed by atoms with Crippen LogP contribution in [-0.4, -0.2) is 81.1 Å². The molecule has 0 radical (unpaired) electrons. The Morgan fingerprint density at radius 1 is 1.06 bits per heavy atom. The highest BCUT2D eigenvalue weighted by Crippen LogP contribution is 2.32. The first kappa shape index (κ1) is 23.7. The summed E-state index contributed by atoms with van der Waals surface area (Å²) in [5, 5.41) is 39.5. The van der Waals surface area contributed by atoms with Gasteiger partial charge in [-0.15, -0.1) is 0 Å². The average Bonchev–Trinajstić information content (AvgIpc) is 2.80. The van der Waals surface area contributed by atoms with E-state index >= 15 is 0 Å². The molecule has 8 heteroatoms. The first-order chi connectivity index (χ1) is 15.7. The van der Waals surface area contributed by atoms with Crippen LogP contribution in [0, 0.1) is 6.92 Å². The number of aryl methyl sites for hydroxylation is 1. The summed E-state index contributed by atoms with van der Waals surface area (Å²) in [5.41, 5.74) is 4.37. The number of aliphatic hydroxyl groups is 4. The molecule has 1 saturated heterocycles. The van der Waals surface area contributed by atoms with E-state index in [1.54, 1.807) is 6.07 Å². The zero-order valence-corrected chi connectivity index (χ0v) is 19.0. The standard InChI is InChI=1S/C25H31NO7/c1-13(2)26-9-8-15-4-5-17(11-18(15)24(26)31)16-6-7-19(14(3)10-16)32-25-23(30)22(29)21(28)20(12-27)33-25/h4-7,10-11,13,20-23,25,27-30H,8-9,12H2,1-3H3/t20?,21?,22?,23-,25?/m1/s1. The van der Waals surface area contributed by atoms with Crippen molar-refractivity contribution in [3.63, 3.8) is 0 Å². The number of hydrogen-bond donors (Lipinski definition) is 4. The molecular formula is C25H31NO7. The molecule has 0 spiro atoms. The SMILES string of the molecule is Cc1cc(-c2ccc3c(c2)C(=O)N(C(C)C)CC3)ccc1OC1OC(CO)C(O)C(O)[C@H]1O. The van der Waals surface area contributed by atoms with E-state index < -0.39 is 37.3 Å². The lowest BCUT2D eigenvalue weighted by molar-refractivity contribution is -0.277. The maximum atomic E-state index is 12.9. The number of amides is 1. The lowest BCUT2D eigenvalue weighted by Gasteiger charge is -2.39. The van der Waals surface area contributed by atoms with Crippen molar-refractivity contribution in [1.82, 2.24) is 4.90 Å². The Morgan fingerprint density at radius 2 is 1.76 bits per heavy atom. The van der Waals surface area contributed by atoms with Crippen LogP contribution in [0.15, 0.2) is 36.4 Å². The summed E-state index contributed by atoms with van der Waals surface area (Å²) in [6.07, 6.45) is -5.85. The van der Waals surface area contributed by atoms with Gasteiger partial charge in [-0.05, 0) is 67.6 Å². The highest BCUT2D eigenvalue weighted by molar-refractivity contribution is 5.98. The second-order valence-electron chi connectivity index (χ2n) is 9.01. The molecule has 2 aromatic carbocycles. The number of ether oxygens (including phenoxy) is 2. The summed E-state index contributed by atoms with van der Waals surface area (Å²) < 4.78 is 11.2. The monoisotopic (exact) mass is 457 g/mol. The van der Waals surface area contributed by atoms with Gasteiger partial charge in [0.05, 0.1) is 6.61 Å². The number of rotatable bonds is 5. The Labute approximate surface area is 193 Å². The molecule has 8 nitrogen and oxygen atoms in total. The van der Waals surface area contributed by atoms with E-state index in [4.69, 9.17) is 9.47 Å². The van der Waals surface area contributed by atoms with Crippen LogP contribution in [-0.2, 0) is 11.2 Å². The molecule has 2 aromatic rings. The molecule has 2 aliphatic heterocycles. The maximum Gasteiger partial charge on any atom is 0.254 e. The minimum absolute atomic E-state index is 0.0485. The van der Waals surface area contributed by atoms with Crippen molar-refractivity contribution in [2.45, 2.75) is 63.9 Å². The molecule has 0 aliphatic carbocycles. The molecule has 2 aliphatic rings. The average molecular weight is 458 g/mol. The number of carbonyl (C=O) groups is 1. The predicted molar refractivity (Wildman–Crippen MR) is 121 cm³/mol. The van der Waals surface area contributed by atoms with Crippen LogP contribution >= 0.6 is 0 Å². The fourth-order valence-corrected chi connectivity index (χ4v) is 4.41. The molecule has 33 heavy (non-hydrogen) atoms. The van der Waals surface area contributed by atoms with Crippen LogP contribution in [0.5, 0.6) is 5.75 Å². The van der Waals surface area contributed by atoms with Gasteiger partial charge < -0.3 is 34.8 Å². The number of carbonyl (C=O) groups excluding carboxylic acids is 1. The van der Waals surface area contributed by atoms with Gasteiger partial charge in [0.25, 0.3) is 5.91 Å². The van der Waals surface area contributed by atoms with E-state index in [-0.39, 0.29) is 11.9 Å². The van der Waals surface area contributed by atoms with Gasteiger partial charge in [0, 0.05) is 18.2 Å². The van der Waals surface area contributed by atoms with Gasteiger partial charge in [-0.1, -0.05) is 18.2 Å². The Bertz CT molecular complexity index is 1020. The van der Waals surface area contributed by atoms with Crippen LogP contribution in [0.2, 0.25) is 0 Å². The van der Waals surface area contributed by atoms with Gasteiger partial charge in [0.15, 0.2) is 0 Å². The summed E-state index contributed by atoms with van der Waals surface area (Å²) >= 11 is 0. The second kappa shape index (κ2) is 9.40. The molecule has 0 saturated carbocycles. The van der Waals surface area contributed by atoms with Gasteiger partial charge in [-0.25, -0.2) is 0 Å². The number of nitrogens with zero attached hydrogens (tertiary/aromatic N) is 1. The summed E-state index contributed by atoms with van der Waals surface area (Å²) in [6, 6.07) is 11.6. The van der Waals surface area contributed by atoms with E-state index in [0.717, 1.165) is 40.8 Å². The highest BCUT2D eigenvalue weighted by atomic mass is 16.7. The van der Waals surface area contributed by atoms with E-state index in [9.17, 15) is 25.2 Å². The summed E-state index contributed by atoms with van der Waals surface area (Å²) in [4.78, 5) is 14.8. The van der Waals surface area contributed by atoms with E-state index in [1.807, 2.05) is 56.0 Å². The van der Waals surface area contributed by atoms with Gasteiger partial charge >= 0.3 is 0 Å². The van der Waals surface area contributed by atoms with Gasteiger partial charge in [0.2, 0.25) is 6.29 Å². The first-order valence-corrected chi connectivity index (χ1v) is 11.2. The van der Waals surface area contributed by atoms with Crippen molar-refractivity contribution >= 4 is 5.91 Å². The molecule has 0 bridgehead atoms. The van der Waals surface area contributed by atoms with Crippen molar-refractivity contribution in [1.29, 1.82) is 0 Å². The van der Waals surface area contributed by atoms with Crippen molar-refractivity contribution in [3.05, 3.63) is 53.1 Å². The minimum Gasteiger partial charge on any atom is -0.462 e. The highest BCUT2D eigenvalue weighted by Gasteiger charge is 2.44. The fraction of sp³-hybridized carbons (Fsp3) is 0.480. The minimum atomic E-state index is -1.50. The Balaban J connectivity index is 1.56. The lowest BCUT2D eigenvalue weighted by Crippen LogP contribution is -2.60. The zero-order chi connectivity index (χ0) is 23.9. The number of fused-ring (bicyclic) bond motifs is 1. The molecule has 2 heterocycles. The van der Waals surface area contributed by atoms with Gasteiger partial charge in [-0.2, -0.15) is 0 Å². The van der Waals surface area contributed by atoms with Gasteiger partial charge in [0.1, 0.15) is 30.2 Å². The molecule has 0 aromatic heterocycles. The van der Waals surface area contributed by atoms with E-state index in [0.29, 0.717) is 5.75 Å². The lowest BCUT2D eigenvalue weighted by atomic mass is 9.93. The summed E-state index contributed by atoms with van der Waals surface area (Å²) in [5.74, 6) is 0.482. The largest absolute Gasteiger partial charge is 0.462 e. The Kier molecular flexibility index (Phi) is 6.74. The fourth-order valence-electron chi connectivity index (χ4n) is 4.41. The van der Waals surface area contributed by atoms with E-state index in [2.05, 4.69) is 0 Å². The zero-order valence-electron chi connectivity index (χ0n) is 19.0. The van der Waals surface area contributed by atoms with Crippen molar-refractivity contribution in [3.8, 4) is 16.9 Å². The smallest absolute Gasteiger partial charge is 0.254 e. The molecule has 4 unspecified atom stereocenters. The quantitative estimate of drug-likeness (QED) is 0.533. The molecule has 178 valence electrons. The Hall–Kier alpha value is -2.49. The number of hydrogen-bond acceptors (Lipinski definition) is 7. The maximum absolute atomic E-state index is 12.9. The number of aliphatic hydroxyl groups excluding tert-OH is 4. The summed E-state index contributed by atoms with van der Waals surface area (Å²) in [7, 11) is 0. The van der Waals surface area contributed by atoms with E-state index in [1.165, 1.54) is 0 Å². The molecule has 1 amide bonds. The van der Waals surface area contributed by atoms with Crippen LogP contribution in [0.25, 0.3) is 11.1 Å². The van der Waals surface area contributed by atoms with Crippen molar-refractivity contribution in [2.75, 3.05) is 13.2 Å². The topological polar surface area (TPSA) is 120 Å². The number of benzene rings is 2. The van der Waals surface area contributed by atoms with Crippen LogP contribution in [0.3, 0.4) is 0 Å². The van der Waals surface area contributed by atoms with Gasteiger partial charge in [-0.3, -0.25) is 4.79 Å². The second-order valence-corrected chi connectivity index (χ2v) is 9.01. The third kappa shape index (κ3) is 4.49. The normalized spacial score (nSPS) is 27.6. The molecule has 4 N–H and O–H groups in total. The molecule has 5 atom stereocenters. The predicted octanol–water partition coefficient (Wildman–Crippen LogP) is 1.25. The molecular weight excluding hydrogens is 426 g/mol. The van der Waals surface area contributed by atoms with Crippen molar-refractivity contribution in [2.24, 2.45) is 0 Å². The first-order valence-electron chi connectivity index (χ1n) is 11.2. The van der Waals surface area contributed by atoms with Crippen molar-refractivity contribution < 1.29 is 34.7 Å². The van der Waals surface area contributed by atoms with Crippen LogP contribution in [0.1, 0.15) is 35.3 Å². The third-order valence-electron chi connectivity index (χ3n) is 6.45. The van der Waals surface area contributed by atoms with Crippen LogP contribution in [0.4, 0.5) is 0 Å². The molecule has 4 rings (SSSR count). The third-order valence-corrected chi connectivity index (χ3v) is 6.45. The molecule has 1 fully saturated rings. The Morgan fingerprint density at radius 3 is 2.42 bits per heavy atom. The summed E-state index contributed by atoms with van der Waals surface area (Å²) in [6.45, 7) is 6.08.